The third-order valence-corrected chi connectivity index (χ3v) is 3.55. The van der Waals surface area contributed by atoms with Gasteiger partial charge in [-0.3, -0.25) is 4.79 Å². The molecule has 0 aromatic heterocycles. The molecule has 0 aromatic carbocycles. The maximum Gasteiger partial charge on any atom is 0.404 e. The molecule has 106 valence electrons. The Kier molecular flexibility index (Phi) is 5.01. The molecule has 1 saturated heterocycles. The predicted octanol–water partition coefficient (Wildman–Crippen LogP) is 2.18. The molecule has 0 radical (unpaired) electrons. The first-order valence-corrected chi connectivity index (χ1v) is 6.38. The lowest BCUT2D eigenvalue weighted by Gasteiger charge is -2.33. The van der Waals surface area contributed by atoms with E-state index in [0.29, 0.717) is 6.54 Å². The molecule has 1 heterocycles. The molecule has 1 rings (SSSR count). The topological polar surface area (TPSA) is 32.3 Å². The average Bonchev–Trinajstić information content (AvgIpc) is 2.77. The van der Waals surface area contributed by atoms with Crippen LogP contribution in [0.15, 0.2) is 0 Å². The van der Waals surface area contributed by atoms with Gasteiger partial charge < -0.3 is 10.2 Å². The minimum absolute atomic E-state index is 0.159. The van der Waals surface area contributed by atoms with Gasteiger partial charge in [-0.25, -0.2) is 0 Å². The molecule has 1 fully saturated rings. The predicted molar refractivity (Wildman–Crippen MR) is 63.1 cm³/mol. The van der Waals surface area contributed by atoms with Crippen molar-refractivity contribution < 1.29 is 18.0 Å². The smallest absolute Gasteiger partial charge is 0.345 e. The molecular weight excluding hydrogens is 245 g/mol. The van der Waals surface area contributed by atoms with Crippen LogP contribution in [0.25, 0.3) is 0 Å². The van der Waals surface area contributed by atoms with Crippen LogP contribution in [0.3, 0.4) is 0 Å². The third kappa shape index (κ3) is 2.96. The standard InChI is InChI=1S/C12H21F3N2O/c1-3-4-5-8-17(2)10(18)11(12(13,14)15)6-7-16-9-11/h16H,3-9H2,1-2H3. The minimum Gasteiger partial charge on any atom is -0.345 e. The summed E-state index contributed by atoms with van der Waals surface area (Å²) in [5, 5.41) is 2.66. The van der Waals surface area contributed by atoms with Crippen molar-refractivity contribution in [3.05, 3.63) is 0 Å². The van der Waals surface area contributed by atoms with Crippen molar-refractivity contribution in [1.29, 1.82) is 0 Å². The SMILES string of the molecule is CCCCCN(C)C(=O)C1(C(F)(F)F)CCNC1. The maximum absolute atomic E-state index is 13.1. The summed E-state index contributed by atoms with van der Waals surface area (Å²) in [6.45, 7) is 2.35. The number of carbonyl (C=O) groups is 1. The second-order valence-electron chi connectivity index (χ2n) is 4.94. The van der Waals surface area contributed by atoms with Gasteiger partial charge in [-0.2, -0.15) is 13.2 Å². The molecule has 0 bridgehead atoms. The van der Waals surface area contributed by atoms with Crippen molar-refractivity contribution in [2.24, 2.45) is 5.41 Å². The van der Waals surface area contributed by atoms with Gasteiger partial charge in [0.1, 0.15) is 0 Å². The van der Waals surface area contributed by atoms with Gasteiger partial charge in [0.15, 0.2) is 5.41 Å². The number of carbonyl (C=O) groups excluding carboxylic acids is 1. The summed E-state index contributed by atoms with van der Waals surface area (Å²) in [5.74, 6) is -0.795. The van der Waals surface area contributed by atoms with Gasteiger partial charge >= 0.3 is 6.18 Å². The summed E-state index contributed by atoms with van der Waals surface area (Å²) in [7, 11) is 1.46. The lowest BCUT2D eigenvalue weighted by molar-refractivity contribution is -0.221. The van der Waals surface area contributed by atoms with Crippen LogP contribution >= 0.6 is 0 Å². The Bertz CT molecular complexity index is 286. The molecule has 1 aliphatic rings. The summed E-state index contributed by atoms with van der Waals surface area (Å²) >= 11 is 0. The number of alkyl halides is 3. The van der Waals surface area contributed by atoms with Crippen molar-refractivity contribution in [3.8, 4) is 0 Å². The van der Waals surface area contributed by atoms with E-state index in [9.17, 15) is 18.0 Å². The van der Waals surface area contributed by atoms with Crippen molar-refractivity contribution in [1.82, 2.24) is 10.2 Å². The average molecular weight is 266 g/mol. The Balaban J connectivity index is 2.72. The molecule has 0 aromatic rings. The highest BCUT2D eigenvalue weighted by Gasteiger charge is 2.62. The molecule has 3 nitrogen and oxygen atoms in total. The van der Waals surface area contributed by atoms with Gasteiger partial charge in [-0.1, -0.05) is 19.8 Å². The van der Waals surface area contributed by atoms with Crippen LogP contribution in [-0.4, -0.2) is 43.7 Å². The fourth-order valence-corrected chi connectivity index (χ4v) is 2.30. The maximum atomic E-state index is 13.1. The fourth-order valence-electron chi connectivity index (χ4n) is 2.30. The van der Waals surface area contributed by atoms with Crippen LogP contribution in [0.5, 0.6) is 0 Å². The molecule has 0 aliphatic carbocycles. The second kappa shape index (κ2) is 5.91. The molecule has 6 heteroatoms. The third-order valence-electron chi connectivity index (χ3n) is 3.55. The normalized spacial score (nSPS) is 24.3. The number of halogens is 3. The number of amides is 1. The van der Waals surface area contributed by atoms with Crippen molar-refractivity contribution in [3.63, 3.8) is 0 Å². The first-order chi connectivity index (χ1) is 8.35. The van der Waals surface area contributed by atoms with Gasteiger partial charge in [0.05, 0.1) is 0 Å². The number of nitrogens with one attached hydrogen (secondary N) is 1. The number of rotatable bonds is 5. The minimum atomic E-state index is -4.48. The van der Waals surface area contributed by atoms with E-state index in [2.05, 4.69) is 5.32 Å². The lowest BCUT2D eigenvalue weighted by atomic mass is 9.84. The number of hydrogen-bond acceptors (Lipinski definition) is 2. The van der Waals surface area contributed by atoms with Crippen LogP contribution in [0, 0.1) is 5.41 Å². The fraction of sp³-hybridized carbons (Fsp3) is 0.917. The highest BCUT2D eigenvalue weighted by molar-refractivity contribution is 5.84. The highest BCUT2D eigenvalue weighted by Crippen LogP contribution is 2.44. The molecule has 18 heavy (non-hydrogen) atoms. The molecule has 1 unspecified atom stereocenters. The molecule has 1 atom stereocenters. The summed E-state index contributed by atoms with van der Waals surface area (Å²) in [6, 6.07) is 0. The van der Waals surface area contributed by atoms with Crippen molar-refractivity contribution in [2.75, 3.05) is 26.7 Å². The Hall–Kier alpha value is -0.780. The quantitative estimate of drug-likeness (QED) is 0.774. The zero-order chi connectivity index (χ0) is 13.8. The van der Waals surface area contributed by atoms with Crippen LogP contribution in [0.2, 0.25) is 0 Å². The van der Waals surface area contributed by atoms with Gasteiger partial charge in [-0.05, 0) is 19.4 Å². The molecule has 1 amide bonds. The molecular formula is C12H21F3N2O. The molecule has 0 saturated carbocycles. The summed E-state index contributed by atoms with van der Waals surface area (Å²) in [5.41, 5.74) is -2.21. The van der Waals surface area contributed by atoms with E-state index in [1.807, 2.05) is 6.92 Å². The van der Waals surface area contributed by atoms with Crippen LogP contribution in [0.4, 0.5) is 13.2 Å². The number of unbranched alkanes of at least 4 members (excludes halogenated alkanes) is 2. The van der Waals surface area contributed by atoms with Gasteiger partial charge in [-0.15, -0.1) is 0 Å². The van der Waals surface area contributed by atoms with E-state index >= 15 is 0 Å². The lowest BCUT2D eigenvalue weighted by Crippen LogP contribution is -2.52. The Morgan fingerprint density at radius 3 is 2.50 bits per heavy atom. The number of nitrogens with zero attached hydrogens (tertiary/aromatic N) is 1. The summed E-state index contributed by atoms with van der Waals surface area (Å²) in [6.07, 6.45) is -1.98. The monoisotopic (exact) mass is 266 g/mol. The largest absolute Gasteiger partial charge is 0.404 e. The zero-order valence-electron chi connectivity index (χ0n) is 10.9. The van der Waals surface area contributed by atoms with E-state index in [1.54, 1.807) is 0 Å². The van der Waals surface area contributed by atoms with E-state index in [-0.39, 0.29) is 19.5 Å². The van der Waals surface area contributed by atoms with E-state index in [1.165, 1.54) is 11.9 Å². The molecule has 1 aliphatic heterocycles. The Morgan fingerprint density at radius 2 is 2.06 bits per heavy atom. The summed E-state index contributed by atoms with van der Waals surface area (Å²) < 4.78 is 39.4. The van der Waals surface area contributed by atoms with Crippen LogP contribution in [-0.2, 0) is 4.79 Å². The Labute approximate surface area is 106 Å². The van der Waals surface area contributed by atoms with E-state index in [4.69, 9.17) is 0 Å². The second-order valence-corrected chi connectivity index (χ2v) is 4.94. The van der Waals surface area contributed by atoms with Crippen molar-refractivity contribution >= 4 is 5.91 Å². The van der Waals surface area contributed by atoms with Crippen LogP contribution in [0.1, 0.15) is 32.6 Å². The molecule has 0 spiro atoms. The molecule has 1 N–H and O–H groups in total. The van der Waals surface area contributed by atoms with Gasteiger partial charge in [0.25, 0.3) is 0 Å². The summed E-state index contributed by atoms with van der Waals surface area (Å²) in [4.78, 5) is 13.3. The first-order valence-electron chi connectivity index (χ1n) is 6.38. The van der Waals surface area contributed by atoms with Gasteiger partial charge in [0.2, 0.25) is 5.91 Å². The first kappa shape index (κ1) is 15.3. The van der Waals surface area contributed by atoms with Gasteiger partial charge in [0, 0.05) is 20.1 Å². The zero-order valence-corrected chi connectivity index (χ0v) is 10.9. The highest BCUT2D eigenvalue weighted by atomic mass is 19.4. The van der Waals surface area contributed by atoms with E-state index in [0.717, 1.165) is 19.3 Å². The number of hydrogen-bond donors (Lipinski definition) is 1. The van der Waals surface area contributed by atoms with Crippen LogP contribution < -0.4 is 5.32 Å². The van der Waals surface area contributed by atoms with E-state index < -0.39 is 17.5 Å². The van der Waals surface area contributed by atoms with Crippen molar-refractivity contribution in [2.45, 2.75) is 38.8 Å². The Morgan fingerprint density at radius 1 is 1.39 bits per heavy atom.